The first-order valence-corrected chi connectivity index (χ1v) is 10.2. The standard InChI is InChI=1S/C19H22F2N2O3S/c1-12(2)15-7-5-6-8-18(15)22-19(24)13(3)23(27(4,25)26)14-9-10-16(20)17(21)11-14/h5-13H,1-4H3,(H,22,24)/t13-/m0/s1. The third kappa shape index (κ3) is 4.82. The van der Waals surface area contributed by atoms with Crippen LogP contribution in [0, 0.1) is 11.6 Å². The molecule has 2 rings (SSSR count). The summed E-state index contributed by atoms with van der Waals surface area (Å²) in [5, 5.41) is 2.73. The van der Waals surface area contributed by atoms with Crippen molar-refractivity contribution in [2.75, 3.05) is 15.9 Å². The number of amides is 1. The van der Waals surface area contributed by atoms with Crippen molar-refractivity contribution in [2.45, 2.75) is 32.7 Å². The zero-order valence-corrected chi connectivity index (χ0v) is 16.3. The highest BCUT2D eigenvalue weighted by molar-refractivity contribution is 7.92. The number of carbonyl (C=O) groups excluding carboxylic acids is 1. The summed E-state index contributed by atoms with van der Waals surface area (Å²) < 4.78 is 52.0. The van der Waals surface area contributed by atoms with Gasteiger partial charge >= 0.3 is 0 Å². The maximum absolute atomic E-state index is 13.6. The molecule has 0 heterocycles. The topological polar surface area (TPSA) is 66.5 Å². The Morgan fingerprint density at radius 1 is 1.04 bits per heavy atom. The molecule has 2 aromatic rings. The molecule has 0 saturated carbocycles. The number of nitrogens with zero attached hydrogens (tertiary/aromatic N) is 1. The number of benzene rings is 2. The van der Waals surface area contributed by atoms with Crippen molar-refractivity contribution in [2.24, 2.45) is 0 Å². The van der Waals surface area contributed by atoms with E-state index in [2.05, 4.69) is 5.32 Å². The molecule has 2 aromatic carbocycles. The minimum atomic E-state index is -3.93. The van der Waals surface area contributed by atoms with E-state index in [0.29, 0.717) is 5.69 Å². The summed E-state index contributed by atoms with van der Waals surface area (Å²) >= 11 is 0. The summed E-state index contributed by atoms with van der Waals surface area (Å²) in [6.45, 7) is 5.33. The molecule has 0 bridgehead atoms. The van der Waals surface area contributed by atoms with Crippen molar-refractivity contribution in [1.82, 2.24) is 0 Å². The molecule has 0 fully saturated rings. The summed E-state index contributed by atoms with van der Waals surface area (Å²) in [5.74, 6) is -2.73. The fourth-order valence-electron chi connectivity index (χ4n) is 2.78. The fourth-order valence-corrected chi connectivity index (χ4v) is 3.95. The maximum atomic E-state index is 13.6. The van der Waals surface area contributed by atoms with E-state index in [4.69, 9.17) is 0 Å². The SMILES string of the molecule is CC(C)c1ccccc1NC(=O)[C@H](C)N(c1ccc(F)c(F)c1)S(C)(=O)=O. The highest BCUT2D eigenvalue weighted by Crippen LogP contribution is 2.26. The molecule has 0 unspecified atom stereocenters. The van der Waals surface area contributed by atoms with Crippen LogP contribution in [0.3, 0.4) is 0 Å². The molecule has 0 radical (unpaired) electrons. The predicted molar refractivity (Wildman–Crippen MR) is 102 cm³/mol. The lowest BCUT2D eigenvalue weighted by Crippen LogP contribution is -2.45. The maximum Gasteiger partial charge on any atom is 0.248 e. The minimum Gasteiger partial charge on any atom is -0.324 e. The number of hydrogen-bond acceptors (Lipinski definition) is 3. The van der Waals surface area contributed by atoms with Crippen molar-refractivity contribution < 1.29 is 22.0 Å². The van der Waals surface area contributed by atoms with E-state index >= 15 is 0 Å². The number of nitrogens with one attached hydrogen (secondary N) is 1. The van der Waals surface area contributed by atoms with Crippen molar-refractivity contribution >= 4 is 27.3 Å². The Morgan fingerprint density at radius 2 is 1.67 bits per heavy atom. The van der Waals surface area contributed by atoms with Crippen LogP contribution >= 0.6 is 0 Å². The molecule has 0 aliphatic heterocycles. The monoisotopic (exact) mass is 396 g/mol. The van der Waals surface area contributed by atoms with Gasteiger partial charge in [-0.1, -0.05) is 32.0 Å². The smallest absolute Gasteiger partial charge is 0.248 e. The first-order chi connectivity index (χ1) is 12.5. The minimum absolute atomic E-state index is 0.129. The van der Waals surface area contributed by atoms with Crippen molar-refractivity contribution in [3.05, 3.63) is 59.7 Å². The lowest BCUT2D eigenvalue weighted by atomic mass is 10.0. The molecular formula is C19H22F2N2O3S. The molecular weight excluding hydrogens is 374 g/mol. The molecule has 1 atom stereocenters. The van der Waals surface area contributed by atoms with Crippen LogP contribution in [0.15, 0.2) is 42.5 Å². The van der Waals surface area contributed by atoms with Gasteiger partial charge in [0, 0.05) is 11.8 Å². The molecule has 0 aromatic heterocycles. The van der Waals surface area contributed by atoms with Crippen molar-refractivity contribution in [3.8, 4) is 0 Å². The van der Waals surface area contributed by atoms with E-state index in [9.17, 15) is 22.0 Å². The van der Waals surface area contributed by atoms with Gasteiger partial charge in [-0.3, -0.25) is 9.10 Å². The zero-order valence-electron chi connectivity index (χ0n) is 15.5. The third-order valence-corrected chi connectivity index (χ3v) is 5.33. The van der Waals surface area contributed by atoms with Gasteiger partial charge in [-0.15, -0.1) is 0 Å². The highest BCUT2D eigenvalue weighted by atomic mass is 32.2. The number of anilines is 2. The second-order valence-electron chi connectivity index (χ2n) is 6.56. The van der Waals surface area contributed by atoms with Crippen LogP contribution in [0.1, 0.15) is 32.3 Å². The van der Waals surface area contributed by atoms with Crippen LogP contribution in [0.4, 0.5) is 20.2 Å². The number of halogens is 2. The van der Waals surface area contributed by atoms with Crippen LogP contribution in [0.2, 0.25) is 0 Å². The number of hydrogen-bond donors (Lipinski definition) is 1. The summed E-state index contributed by atoms with van der Waals surface area (Å²) in [7, 11) is -3.93. The second kappa shape index (κ2) is 8.04. The molecule has 0 aliphatic carbocycles. The Hall–Kier alpha value is -2.48. The molecule has 1 amide bonds. The Morgan fingerprint density at radius 3 is 2.22 bits per heavy atom. The van der Waals surface area contributed by atoms with Crippen LogP contribution in [0.25, 0.3) is 0 Å². The average Bonchev–Trinajstić information content (AvgIpc) is 2.57. The third-order valence-electron chi connectivity index (χ3n) is 4.09. The fraction of sp³-hybridized carbons (Fsp3) is 0.316. The average molecular weight is 396 g/mol. The van der Waals surface area contributed by atoms with Gasteiger partial charge in [0.15, 0.2) is 11.6 Å². The van der Waals surface area contributed by atoms with Gasteiger partial charge in [-0.25, -0.2) is 17.2 Å². The van der Waals surface area contributed by atoms with Crippen LogP contribution in [-0.4, -0.2) is 26.6 Å². The molecule has 8 heteroatoms. The summed E-state index contributed by atoms with van der Waals surface area (Å²) in [5.41, 5.74) is 1.34. The Kier molecular flexibility index (Phi) is 6.20. The zero-order chi connectivity index (χ0) is 20.4. The molecule has 146 valence electrons. The van der Waals surface area contributed by atoms with Gasteiger partial charge in [0.05, 0.1) is 11.9 Å². The predicted octanol–water partition coefficient (Wildman–Crippen LogP) is 3.88. The van der Waals surface area contributed by atoms with Gasteiger partial charge in [0.1, 0.15) is 6.04 Å². The first kappa shape index (κ1) is 20.8. The number of rotatable bonds is 6. The van der Waals surface area contributed by atoms with Crippen molar-refractivity contribution in [3.63, 3.8) is 0 Å². The highest BCUT2D eigenvalue weighted by Gasteiger charge is 2.30. The summed E-state index contributed by atoms with van der Waals surface area (Å²) in [4.78, 5) is 12.7. The molecule has 0 spiro atoms. The second-order valence-corrected chi connectivity index (χ2v) is 8.42. The number of para-hydroxylation sites is 1. The van der Waals surface area contributed by atoms with Gasteiger partial charge in [0.2, 0.25) is 15.9 Å². The van der Waals surface area contributed by atoms with E-state index in [-0.39, 0.29) is 11.6 Å². The van der Waals surface area contributed by atoms with Crippen LogP contribution in [0.5, 0.6) is 0 Å². The molecule has 0 aliphatic rings. The van der Waals surface area contributed by atoms with Crippen molar-refractivity contribution in [1.29, 1.82) is 0 Å². The van der Waals surface area contributed by atoms with Gasteiger partial charge < -0.3 is 5.32 Å². The number of carbonyl (C=O) groups is 1. The van der Waals surface area contributed by atoms with Gasteiger partial charge in [-0.2, -0.15) is 0 Å². The normalized spacial score (nSPS) is 12.7. The molecule has 1 N–H and O–H groups in total. The largest absolute Gasteiger partial charge is 0.324 e. The quantitative estimate of drug-likeness (QED) is 0.806. The molecule has 5 nitrogen and oxygen atoms in total. The Labute approximate surface area is 158 Å². The summed E-state index contributed by atoms with van der Waals surface area (Å²) in [6, 6.07) is 8.71. The molecule has 27 heavy (non-hydrogen) atoms. The van der Waals surface area contributed by atoms with E-state index < -0.39 is 33.6 Å². The summed E-state index contributed by atoms with van der Waals surface area (Å²) in [6.07, 6.45) is 0.903. The number of sulfonamides is 1. The van der Waals surface area contributed by atoms with Crippen LogP contribution < -0.4 is 9.62 Å². The Bertz CT molecular complexity index is 946. The van der Waals surface area contributed by atoms with E-state index in [1.54, 1.807) is 12.1 Å². The lowest BCUT2D eigenvalue weighted by molar-refractivity contribution is -0.116. The van der Waals surface area contributed by atoms with Crippen LogP contribution in [-0.2, 0) is 14.8 Å². The van der Waals surface area contributed by atoms with E-state index in [0.717, 1.165) is 34.3 Å². The molecule has 0 saturated heterocycles. The van der Waals surface area contributed by atoms with Gasteiger partial charge in [-0.05, 0) is 36.6 Å². The first-order valence-electron chi connectivity index (χ1n) is 8.36. The van der Waals surface area contributed by atoms with Gasteiger partial charge in [0.25, 0.3) is 0 Å². The van der Waals surface area contributed by atoms with E-state index in [1.165, 1.54) is 6.92 Å². The Balaban J connectivity index is 2.37. The van der Waals surface area contributed by atoms with E-state index in [1.807, 2.05) is 26.0 Å². The lowest BCUT2D eigenvalue weighted by Gasteiger charge is -2.28.